The quantitative estimate of drug-likeness (QED) is 0.772. The van der Waals surface area contributed by atoms with E-state index in [9.17, 15) is 0 Å². The van der Waals surface area contributed by atoms with E-state index in [4.69, 9.17) is 4.99 Å². The van der Waals surface area contributed by atoms with Crippen molar-refractivity contribution in [3.05, 3.63) is 22.7 Å². The molecular weight excluding hydrogens is 292 g/mol. The monoisotopic (exact) mass is 308 g/mol. The van der Waals surface area contributed by atoms with E-state index in [1.54, 1.807) is 0 Å². The Balaban J connectivity index is 1.90. The predicted octanol–water partition coefficient (Wildman–Crippen LogP) is 2.20. The Labute approximate surface area is 116 Å². The summed E-state index contributed by atoms with van der Waals surface area (Å²) in [5, 5.41) is 6.82. The number of piperazine rings is 1. The molecule has 18 heavy (non-hydrogen) atoms. The van der Waals surface area contributed by atoms with E-state index < -0.39 is 0 Å². The highest BCUT2D eigenvalue weighted by Crippen LogP contribution is 2.31. The van der Waals surface area contributed by atoms with Crippen LogP contribution in [0.3, 0.4) is 0 Å². The highest BCUT2D eigenvalue weighted by Gasteiger charge is 2.17. The van der Waals surface area contributed by atoms with Crippen LogP contribution in [0.25, 0.3) is 0 Å². The van der Waals surface area contributed by atoms with E-state index in [0.717, 1.165) is 55.0 Å². The van der Waals surface area contributed by atoms with Crippen LogP contribution in [0.15, 0.2) is 27.7 Å². The van der Waals surface area contributed by atoms with Crippen LogP contribution < -0.4 is 10.6 Å². The molecule has 2 heterocycles. The van der Waals surface area contributed by atoms with Gasteiger partial charge in [0.2, 0.25) is 0 Å². The summed E-state index contributed by atoms with van der Waals surface area (Å²) in [6, 6.07) is 6.22. The van der Waals surface area contributed by atoms with Crippen molar-refractivity contribution < 1.29 is 0 Å². The second-order valence-corrected chi connectivity index (χ2v) is 5.52. The normalized spacial score (nSPS) is 19.6. The Morgan fingerprint density at radius 3 is 2.83 bits per heavy atom. The average Bonchev–Trinajstić information content (AvgIpc) is 2.61. The molecule has 1 saturated heterocycles. The Morgan fingerprint density at radius 1 is 1.17 bits per heavy atom. The smallest absolute Gasteiger partial charge is 0.107 e. The van der Waals surface area contributed by atoms with E-state index in [1.165, 1.54) is 5.84 Å². The van der Waals surface area contributed by atoms with Crippen LogP contribution in [0, 0.1) is 0 Å². The first-order chi connectivity index (χ1) is 8.83. The first kappa shape index (κ1) is 12.0. The van der Waals surface area contributed by atoms with E-state index in [0.29, 0.717) is 0 Å². The number of hydrogen-bond acceptors (Lipinski definition) is 4. The number of anilines is 1. The van der Waals surface area contributed by atoms with Crippen molar-refractivity contribution in [1.82, 2.24) is 10.2 Å². The number of amidine groups is 1. The minimum Gasteiger partial charge on any atom is -0.383 e. The van der Waals surface area contributed by atoms with Gasteiger partial charge in [-0.3, -0.25) is 0 Å². The van der Waals surface area contributed by atoms with E-state index in [2.05, 4.69) is 49.7 Å². The summed E-state index contributed by atoms with van der Waals surface area (Å²) in [5.41, 5.74) is 2.17. The number of fused-ring (bicyclic) bond motifs is 1. The molecule has 1 aromatic rings. The highest BCUT2D eigenvalue weighted by molar-refractivity contribution is 9.10. The maximum Gasteiger partial charge on any atom is 0.107 e. The summed E-state index contributed by atoms with van der Waals surface area (Å²) in [6.07, 6.45) is 0.992. The van der Waals surface area contributed by atoms with Gasteiger partial charge in [-0.1, -0.05) is 15.9 Å². The fraction of sp³-hybridized carbons (Fsp3) is 0.462. The third-order valence-electron chi connectivity index (χ3n) is 3.36. The lowest BCUT2D eigenvalue weighted by Gasteiger charge is -2.30. The molecule has 0 atom stereocenters. The first-order valence-electron chi connectivity index (χ1n) is 6.39. The van der Waals surface area contributed by atoms with Crippen molar-refractivity contribution in [3.63, 3.8) is 0 Å². The van der Waals surface area contributed by atoms with Gasteiger partial charge in [-0.05, 0) is 18.2 Å². The maximum atomic E-state index is 4.85. The fourth-order valence-corrected chi connectivity index (χ4v) is 2.75. The van der Waals surface area contributed by atoms with Gasteiger partial charge in [-0.25, -0.2) is 4.99 Å². The van der Waals surface area contributed by atoms with Crippen LogP contribution in [-0.4, -0.2) is 43.5 Å². The summed E-state index contributed by atoms with van der Waals surface area (Å²) < 4.78 is 1.08. The minimum absolute atomic E-state index is 0.956. The summed E-state index contributed by atoms with van der Waals surface area (Å²) in [6.45, 7) is 5.18. The van der Waals surface area contributed by atoms with Crippen molar-refractivity contribution in [2.24, 2.45) is 4.99 Å². The first-order valence-corrected chi connectivity index (χ1v) is 7.19. The van der Waals surface area contributed by atoms with Gasteiger partial charge in [0.15, 0.2) is 0 Å². The zero-order chi connectivity index (χ0) is 12.4. The number of benzene rings is 1. The molecule has 2 N–H and O–H groups in total. The number of nitrogens with zero attached hydrogens (tertiary/aromatic N) is 2. The van der Waals surface area contributed by atoms with Crippen molar-refractivity contribution in [2.45, 2.75) is 6.42 Å². The average molecular weight is 309 g/mol. The Morgan fingerprint density at radius 2 is 2.00 bits per heavy atom. The molecule has 0 aliphatic carbocycles. The lowest BCUT2D eigenvalue weighted by atomic mass is 10.3. The molecule has 1 aromatic carbocycles. The number of halogens is 1. The molecular formula is C13H17BrN4. The molecule has 0 bridgehead atoms. The third kappa shape index (κ3) is 2.52. The molecule has 2 aliphatic rings. The predicted molar refractivity (Wildman–Crippen MR) is 78.8 cm³/mol. The maximum absolute atomic E-state index is 4.85. The summed E-state index contributed by atoms with van der Waals surface area (Å²) in [5.74, 6) is 1.21. The summed E-state index contributed by atoms with van der Waals surface area (Å²) >= 11 is 3.51. The number of rotatable bonds is 0. The van der Waals surface area contributed by atoms with Crippen molar-refractivity contribution >= 4 is 33.1 Å². The van der Waals surface area contributed by atoms with Gasteiger partial charge in [-0.2, -0.15) is 0 Å². The van der Waals surface area contributed by atoms with Gasteiger partial charge in [0.1, 0.15) is 5.84 Å². The second kappa shape index (κ2) is 5.28. The lowest BCUT2D eigenvalue weighted by Crippen LogP contribution is -2.46. The van der Waals surface area contributed by atoms with E-state index in [1.807, 2.05) is 0 Å². The zero-order valence-corrected chi connectivity index (χ0v) is 11.8. The SMILES string of the molecule is Brc1ccc2c(c1)N=C(N1CCNCC1)CCN2. The molecule has 0 amide bonds. The molecule has 1 fully saturated rings. The molecule has 0 unspecified atom stereocenters. The van der Waals surface area contributed by atoms with Crippen LogP contribution in [0.4, 0.5) is 11.4 Å². The molecule has 2 aliphatic heterocycles. The number of aliphatic imine (C=N–C) groups is 1. The largest absolute Gasteiger partial charge is 0.383 e. The lowest BCUT2D eigenvalue weighted by molar-refractivity contribution is 0.352. The minimum atomic E-state index is 0.956. The van der Waals surface area contributed by atoms with E-state index >= 15 is 0 Å². The summed E-state index contributed by atoms with van der Waals surface area (Å²) in [4.78, 5) is 7.24. The number of hydrogen-bond donors (Lipinski definition) is 2. The van der Waals surface area contributed by atoms with Gasteiger partial charge >= 0.3 is 0 Å². The molecule has 0 aromatic heterocycles. The Bertz CT molecular complexity index is 466. The fourth-order valence-electron chi connectivity index (χ4n) is 2.40. The van der Waals surface area contributed by atoms with Crippen LogP contribution in [0.2, 0.25) is 0 Å². The van der Waals surface area contributed by atoms with Crippen LogP contribution in [-0.2, 0) is 0 Å². The molecule has 0 spiro atoms. The molecule has 4 nitrogen and oxygen atoms in total. The standard InChI is InChI=1S/C13H17BrN4/c14-10-1-2-11-12(9-10)17-13(3-4-16-11)18-7-5-15-6-8-18/h1-2,9,15-16H,3-8H2. The molecule has 3 rings (SSSR count). The number of nitrogens with one attached hydrogen (secondary N) is 2. The molecule has 0 radical (unpaired) electrons. The zero-order valence-electron chi connectivity index (χ0n) is 10.2. The summed E-state index contributed by atoms with van der Waals surface area (Å²) in [7, 11) is 0. The van der Waals surface area contributed by atoms with E-state index in [-0.39, 0.29) is 0 Å². The molecule has 5 heteroatoms. The molecule has 96 valence electrons. The van der Waals surface area contributed by atoms with Gasteiger partial charge < -0.3 is 15.5 Å². The highest BCUT2D eigenvalue weighted by atomic mass is 79.9. The van der Waals surface area contributed by atoms with Crippen LogP contribution >= 0.6 is 15.9 Å². The third-order valence-corrected chi connectivity index (χ3v) is 3.85. The Hall–Kier alpha value is -1.07. The second-order valence-electron chi connectivity index (χ2n) is 4.60. The van der Waals surface area contributed by atoms with Gasteiger partial charge in [0.05, 0.1) is 11.4 Å². The van der Waals surface area contributed by atoms with Crippen LogP contribution in [0.1, 0.15) is 6.42 Å². The van der Waals surface area contributed by atoms with Gasteiger partial charge in [-0.15, -0.1) is 0 Å². The van der Waals surface area contributed by atoms with Crippen LogP contribution in [0.5, 0.6) is 0 Å². The van der Waals surface area contributed by atoms with Gasteiger partial charge in [0, 0.05) is 43.6 Å². The van der Waals surface area contributed by atoms with Gasteiger partial charge in [0.25, 0.3) is 0 Å². The Kier molecular flexibility index (Phi) is 3.52. The van der Waals surface area contributed by atoms with Crippen molar-refractivity contribution in [3.8, 4) is 0 Å². The van der Waals surface area contributed by atoms with Crippen molar-refractivity contribution in [2.75, 3.05) is 38.0 Å². The van der Waals surface area contributed by atoms with Crippen molar-refractivity contribution in [1.29, 1.82) is 0 Å². The topological polar surface area (TPSA) is 39.7 Å². The molecule has 0 saturated carbocycles.